The molecule has 0 radical (unpaired) electrons. The van der Waals surface area contributed by atoms with Crippen LogP contribution in [0.4, 0.5) is 4.39 Å². The van der Waals surface area contributed by atoms with E-state index in [9.17, 15) is 9.50 Å². The average Bonchev–Trinajstić information content (AvgIpc) is 2.35. The topological polar surface area (TPSA) is 29.5 Å². The second-order valence-electron chi connectivity index (χ2n) is 6.39. The zero-order valence-corrected chi connectivity index (χ0v) is 11.7. The highest BCUT2D eigenvalue weighted by Gasteiger charge is 2.58. The zero-order chi connectivity index (χ0) is 13.8. The van der Waals surface area contributed by atoms with Gasteiger partial charge in [-0.25, -0.2) is 4.39 Å². The molecule has 3 heteroatoms. The van der Waals surface area contributed by atoms with Crippen LogP contribution < -0.4 is 0 Å². The molecule has 1 aromatic rings. The van der Waals surface area contributed by atoms with E-state index in [2.05, 4.69) is 0 Å². The molecule has 0 amide bonds. The van der Waals surface area contributed by atoms with Crippen molar-refractivity contribution in [1.29, 1.82) is 0 Å². The van der Waals surface area contributed by atoms with Crippen LogP contribution in [0, 0.1) is 12.7 Å². The zero-order valence-electron chi connectivity index (χ0n) is 11.7. The summed E-state index contributed by atoms with van der Waals surface area (Å²) in [4.78, 5) is 0. The minimum Gasteiger partial charge on any atom is -0.382 e. The lowest BCUT2D eigenvalue weighted by atomic mass is 9.76. The van der Waals surface area contributed by atoms with Gasteiger partial charge in [-0.15, -0.1) is 0 Å². The molecule has 1 aliphatic rings. The van der Waals surface area contributed by atoms with Gasteiger partial charge in [0, 0.05) is 12.0 Å². The Bertz CT molecular complexity index is 479. The number of aliphatic hydroxyl groups is 1. The van der Waals surface area contributed by atoms with Gasteiger partial charge in [0.15, 0.2) is 0 Å². The molecule has 2 rings (SSSR count). The molecule has 0 spiro atoms. The van der Waals surface area contributed by atoms with Crippen LogP contribution in [0.3, 0.4) is 0 Å². The normalized spacial score (nSPS) is 29.5. The van der Waals surface area contributed by atoms with Crippen molar-refractivity contribution in [2.75, 3.05) is 0 Å². The fourth-order valence-electron chi connectivity index (χ4n) is 3.02. The maximum Gasteiger partial charge on any atom is 0.129 e. The summed E-state index contributed by atoms with van der Waals surface area (Å²) >= 11 is 0. The maximum absolute atomic E-state index is 14.0. The summed E-state index contributed by atoms with van der Waals surface area (Å²) in [6.07, 6.45) is 0.382. The van der Waals surface area contributed by atoms with Crippen LogP contribution in [0.15, 0.2) is 18.2 Å². The molecule has 100 valence electrons. The van der Waals surface area contributed by atoms with Crippen molar-refractivity contribution in [2.45, 2.75) is 57.8 Å². The van der Waals surface area contributed by atoms with Crippen molar-refractivity contribution in [3.05, 3.63) is 35.1 Å². The van der Waals surface area contributed by atoms with Crippen LogP contribution in [-0.4, -0.2) is 16.3 Å². The Balaban J connectivity index is 2.58. The van der Waals surface area contributed by atoms with Gasteiger partial charge in [0.25, 0.3) is 0 Å². The molecular weight excluding hydrogens is 231 g/mol. The van der Waals surface area contributed by atoms with Gasteiger partial charge < -0.3 is 9.84 Å². The van der Waals surface area contributed by atoms with E-state index in [4.69, 9.17) is 4.74 Å². The molecule has 1 saturated heterocycles. The van der Waals surface area contributed by atoms with E-state index in [1.54, 1.807) is 12.1 Å². The summed E-state index contributed by atoms with van der Waals surface area (Å²) in [6.45, 7) is 9.34. The minimum absolute atomic E-state index is 0.332. The monoisotopic (exact) mass is 252 g/mol. The number of ether oxygens (including phenoxy) is 1. The lowest BCUT2D eigenvalue weighted by Gasteiger charge is -2.35. The van der Waals surface area contributed by atoms with Crippen LogP contribution in [0.5, 0.6) is 0 Å². The molecule has 1 aliphatic heterocycles. The molecule has 0 saturated carbocycles. The second-order valence-corrected chi connectivity index (χ2v) is 6.39. The van der Waals surface area contributed by atoms with Crippen LogP contribution in [0.1, 0.15) is 45.2 Å². The molecule has 1 N–H and O–H groups in total. The number of hydrogen-bond donors (Lipinski definition) is 1. The third-order valence-corrected chi connectivity index (χ3v) is 3.78. The molecule has 2 nitrogen and oxygen atoms in total. The fourth-order valence-corrected chi connectivity index (χ4v) is 3.02. The highest BCUT2D eigenvalue weighted by molar-refractivity contribution is 5.33. The van der Waals surface area contributed by atoms with Crippen LogP contribution in [-0.2, 0) is 10.3 Å². The Hall–Kier alpha value is -0.930. The van der Waals surface area contributed by atoms with Gasteiger partial charge in [-0.1, -0.05) is 17.7 Å². The van der Waals surface area contributed by atoms with Crippen molar-refractivity contribution in [2.24, 2.45) is 0 Å². The first-order valence-corrected chi connectivity index (χ1v) is 6.27. The highest BCUT2D eigenvalue weighted by Crippen LogP contribution is 2.51. The van der Waals surface area contributed by atoms with Crippen molar-refractivity contribution >= 4 is 0 Å². The van der Waals surface area contributed by atoms with Crippen molar-refractivity contribution in [3.8, 4) is 0 Å². The first-order chi connectivity index (χ1) is 8.07. The molecule has 0 aromatic heterocycles. The fraction of sp³-hybridized carbons (Fsp3) is 0.600. The Morgan fingerprint density at radius 1 is 1.22 bits per heavy atom. The number of benzene rings is 1. The Kier molecular flexibility index (Phi) is 2.84. The van der Waals surface area contributed by atoms with Crippen LogP contribution >= 0.6 is 0 Å². The summed E-state index contributed by atoms with van der Waals surface area (Å²) < 4.78 is 19.9. The summed E-state index contributed by atoms with van der Waals surface area (Å²) in [6, 6.07) is 4.82. The van der Waals surface area contributed by atoms with Gasteiger partial charge in [0.1, 0.15) is 11.4 Å². The Labute approximate surface area is 108 Å². The Morgan fingerprint density at radius 2 is 1.83 bits per heavy atom. The average molecular weight is 252 g/mol. The summed E-state index contributed by atoms with van der Waals surface area (Å²) in [5.74, 6) is -0.377. The van der Waals surface area contributed by atoms with Crippen LogP contribution in [0.25, 0.3) is 0 Å². The van der Waals surface area contributed by atoms with Crippen molar-refractivity contribution in [1.82, 2.24) is 0 Å². The van der Waals surface area contributed by atoms with E-state index >= 15 is 0 Å². The molecule has 1 fully saturated rings. The summed E-state index contributed by atoms with van der Waals surface area (Å²) in [5, 5.41) is 11.0. The summed E-state index contributed by atoms with van der Waals surface area (Å²) in [5.41, 5.74) is -1.31. The maximum atomic E-state index is 14.0. The molecule has 0 bridgehead atoms. The van der Waals surface area contributed by atoms with E-state index in [1.807, 2.05) is 34.6 Å². The predicted octanol–water partition coefficient (Wildman–Crippen LogP) is 3.30. The van der Waals surface area contributed by atoms with Crippen LogP contribution in [0.2, 0.25) is 0 Å². The van der Waals surface area contributed by atoms with E-state index < -0.39 is 16.8 Å². The van der Waals surface area contributed by atoms with E-state index in [0.717, 1.165) is 5.56 Å². The summed E-state index contributed by atoms with van der Waals surface area (Å²) in [7, 11) is 0. The number of halogens is 1. The first-order valence-electron chi connectivity index (χ1n) is 6.27. The molecule has 1 atom stereocenters. The van der Waals surface area contributed by atoms with E-state index in [-0.39, 0.29) is 5.82 Å². The number of aryl methyl sites for hydroxylation is 1. The lowest BCUT2D eigenvalue weighted by Crippen LogP contribution is -2.44. The minimum atomic E-state index is -1.30. The third-order valence-electron chi connectivity index (χ3n) is 3.78. The molecule has 1 unspecified atom stereocenters. The first kappa shape index (κ1) is 13.5. The predicted molar refractivity (Wildman–Crippen MR) is 68.9 cm³/mol. The third kappa shape index (κ3) is 1.95. The largest absolute Gasteiger partial charge is 0.382 e. The van der Waals surface area contributed by atoms with Crippen molar-refractivity contribution in [3.63, 3.8) is 0 Å². The molecule has 0 aliphatic carbocycles. The number of rotatable bonds is 1. The quantitative estimate of drug-likeness (QED) is 0.831. The van der Waals surface area contributed by atoms with Gasteiger partial charge in [0.2, 0.25) is 0 Å². The van der Waals surface area contributed by atoms with Gasteiger partial charge >= 0.3 is 0 Å². The van der Waals surface area contributed by atoms with Gasteiger partial charge in [0.05, 0.1) is 11.2 Å². The highest BCUT2D eigenvalue weighted by atomic mass is 19.1. The Morgan fingerprint density at radius 3 is 2.33 bits per heavy atom. The lowest BCUT2D eigenvalue weighted by molar-refractivity contribution is -0.130. The van der Waals surface area contributed by atoms with Gasteiger partial charge in [-0.05, 0) is 40.7 Å². The van der Waals surface area contributed by atoms with Gasteiger partial charge in [-0.3, -0.25) is 0 Å². The van der Waals surface area contributed by atoms with E-state index in [1.165, 1.54) is 6.07 Å². The smallest absolute Gasteiger partial charge is 0.129 e. The standard InChI is InChI=1S/C15H21FO2/c1-10-6-7-12(16)11(8-10)15(17)9-13(2,3)18-14(15,4)5/h6-8,17H,9H2,1-5H3. The van der Waals surface area contributed by atoms with Crippen molar-refractivity contribution < 1.29 is 14.2 Å². The van der Waals surface area contributed by atoms with Gasteiger partial charge in [-0.2, -0.15) is 0 Å². The number of hydrogen-bond acceptors (Lipinski definition) is 2. The molecule has 1 aromatic carbocycles. The SMILES string of the molecule is Cc1ccc(F)c(C2(O)CC(C)(C)OC2(C)C)c1. The molecule has 1 heterocycles. The molecule has 18 heavy (non-hydrogen) atoms. The molecular formula is C15H21FO2. The second kappa shape index (κ2) is 3.78. The van der Waals surface area contributed by atoms with E-state index in [0.29, 0.717) is 12.0 Å².